The lowest BCUT2D eigenvalue weighted by Crippen LogP contribution is -2.26. The van der Waals surface area contributed by atoms with Crippen LogP contribution in [0.25, 0.3) is 0 Å². The lowest BCUT2D eigenvalue weighted by Gasteiger charge is -2.08. The number of amides is 1. The summed E-state index contributed by atoms with van der Waals surface area (Å²) in [6.07, 6.45) is 5.61. The number of ether oxygens (including phenoxy) is 1. The molecule has 0 aliphatic heterocycles. The van der Waals surface area contributed by atoms with Gasteiger partial charge < -0.3 is 15.4 Å². The molecule has 1 aromatic heterocycles. The number of nitrogens with one attached hydrogen (secondary N) is 2. The van der Waals surface area contributed by atoms with Crippen LogP contribution in [-0.2, 0) is 6.42 Å². The minimum atomic E-state index is -0.187. The van der Waals surface area contributed by atoms with E-state index in [4.69, 9.17) is 4.74 Å². The van der Waals surface area contributed by atoms with Gasteiger partial charge in [-0.1, -0.05) is 31.9 Å². The second kappa shape index (κ2) is 10.3. The summed E-state index contributed by atoms with van der Waals surface area (Å²) < 4.78 is 5.13. The smallest absolute Gasteiger partial charge is 0.270 e. The molecule has 0 saturated carbocycles. The second-order valence-corrected chi connectivity index (χ2v) is 5.78. The Bertz CT molecular complexity index is 659. The summed E-state index contributed by atoms with van der Waals surface area (Å²) >= 11 is 0. The van der Waals surface area contributed by atoms with Gasteiger partial charge >= 0.3 is 0 Å². The predicted molar refractivity (Wildman–Crippen MR) is 99.1 cm³/mol. The molecule has 2 aromatic rings. The first-order valence-corrected chi connectivity index (χ1v) is 8.70. The van der Waals surface area contributed by atoms with Gasteiger partial charge in [0.2, 0.25) is 0 Å². The van der Waals surface area contributed by atoms with E-state index >= 15 is 0 Å². The Balaban J connectivity index is 1.79. The summed E-state index contributed by atoms with van der Waals surface area (Å²) in [6.45, 7) is 3.57. The van der Waals surface area contributed by atoms with Gasteiger partial charge in [-0.15, -0.1) is 0 Å². The van der Waals surface area contributed by atoms with Gasteiger partial charge in [0.15, 0.2) is 0 Å². The first kappa shape index (κ1) is 18.7. The Morgan fingerprint density at radius 3 is 2.64 bits per heavy atom. The molecule has 0 atom stereocenters. The van der Waals surface area contributed by atoms with Gasteiger partial charge in [-0.2, -0.15) is 0 Å². The number of rotatable bonds is 10. The number of anilines is 1. The maximum Gasteiger partial charge on any atom is 0.270 e. The number of aromatic nitrogens is 2. The Labute approximate surface area is 149 Å². The average Bonchev–Trinajstić information content (AvgIpc) is 2.66. The van der Waals surface area contributed by atoms with Gasteiger partial charge in [-0.05, 0) is 30.5 Å². The molecule has 6 heteroatoms. The van der Waals surface area contributed by atoms with Crippen molar-refractivity contribution in [2.45, 2.75) is 32.6 Å². The summed E-state index contributed by atoms with van der Waals surface area (Å²) in [6, 6.07) is 9.51. The number of carbonyl (C=O) groups is 1. The lowest BCUT2D eigenvalue weighted by atomic mass is 10.1. The van der Waals surface area contributed by atoms with Gasteiger partial charge in [0.25, 0.3) is 5.91 Å². The quantitative estimate of drug-likeness (QED) is 0.649. The Morgan fingerprint density at radius 1 is 1.12 bits per heavy atom. The second-order valence-electron chi connectivity index (χ2n) is 5.78. The van der Waals surface area contributed by atoms with E-state index in [0.717, 1.165) is 30.7 Å². The summed E-state index contributed by atoms with van der Waals surface area (Å²) in [5.74, 6) is 1.33. The number of benzene rings is 1. The highest BCUT2D eigenvalue weighted by Gasteiger charge is 2.08. The fourth-order valence-electron chi connectivity index (χ4n) is 2.37. The van der Waals surface area contributed by atoms with Gasteiger partial charge in [-0.3, -0.25) is 4.79 Å². The molecule has 0 bridgehead atoms. The molecule has 2 rings (SSSR count). The monoisotopic (exact) mass is 342 g/mol. The Kier molecular flexibility index (Phi) is 7.69. The van der Waals surface area contributed by atoms with Gasteiger partial charge in [0.1, 0.15) is 23.6 Å². The van der Waals surface area contributed by atoms with Crippen molar-refractivity contribution >= 4 is 11.7 Å². The van der Waals surface area contributed by atoms with Crippen molar-refractivity contribution in [1.82, 2.24) is 15.3 Å². The highest BCUT2D eigenvalue weighted by molar-refractivity contribution is 5.92. The number of unbranched alkanes of at least 4 members (excludes halogenated alkanes) is 2. The molecule has 1 heterocycles. The van der Waals surface area contributed by atoms with Crippen LogP contribution in [0.5, 0.6) is 5.75 Å². The molecule has 0 fully saturated rings. The molecule has 0 spiro atoms. The SMILES string of the molecule is CCCCCNc1cc(C(=O)NCCc2ccc(OC)cc2)ncn1. The molecule has 0 unspecified atom stereocenters. The van der Waals surface area contributed by atoms with E-state index in [-0.39, 0.29) is 5.91 Å². The van der Waals surface area contributed by atoms with Crippen molar-refractivity contribution in [1.29, 1.82) is 0 Å². The van der Waals surface area contributed by atoms with E-state index in [2.05, 4.69) is 27.5 Å². The first-order chi connectivity index (χ1) is 12.2. The third kappa shape index (κ3) is 6.41. The van der Waals surface area contributed by atoms with Crippen molar-refractivity contribution in [3.63, 3.8) is 0 Å². The van der Waals surface area contributed by atoms with Crippen molar-refractivity contribution in [2.24, 2.45) is 0 Å². The normalized spacial score (nSPS) is 10.3. The van der Waals surface area contributed by atoms with Crippen LogP contribution in [-0.4, -0.2) is 36.1 Å². The van der Waals surface area contributed by atoms with Crippen LogP contribution < -0.4 is 15.4 Å². The van der Waals surface area contributed by atoms with Crippen LogP contribution in [0.1, 0.15) is 42.2 Å². The van der Waals surface area contributed by atoms with Crippen LogP contribution >= 0.6 is 0 Å². The third-order valence-electron chi connectivity index (χ3n) is 3.84. The van der Waals surface area contributed by atoms with Crippen molar-refractivity contribution in [3.05, 3.63) is 47.9 Å². The zero-order valence-electron chi connectivity index (χ0n) is 14.9. The molecule has 1 amide bonds. The van der Waals surface area contributed by atoms with Gasteiger partial charge in [0.05, 0.1) is 7.11 Å². The zero-order chi connectivity index (χ0) is 17.9. The van der Waals surface area contributed by atoms with Crippen molar-refractivity contribution in [2.75, 3.05) is 25.5 Å². The van der Waals surface area contributed by atoms with Crippen LogP contribution in [0.3, 0.4) is 0 Å². The molecular formula is C19H26N4O2. The van der Waals surface area contributed by atoms with E-state index < -0.39 is 0 Å². The van der Waals surface area contributed by atoms with E-state index in [1.165, 1.54) is 19.2 Å². The van der Waals surface area contributed by atoms with E-state index in [0.29, 0.717) is 18.1 Å². The van der Waals surface area contributed by atoms with E-state index in [9.17, 15) is 4.79 Å². The van der Waals surface area contributed by atoms with Crippen LogP contribution in [0.2, 0.25) is 0 Å². The minimum Gasteiger partial charge on any atom is -0.497 e. The highest BCUT2D eigenvalue weighted by Crippen LogP contribution is 2.11. The largest absolute Gasteiger partial charge is 0.497 e. The molecule has 0 aliphatic carbocycles. The van der Waals surface area contributed by atoms with Crippen LogP contribution in [0, 0.1) is 0 Å². The van der Waals surface area contributed by atoms with E-state index in [1.54, 1.807) is 13.2 Å². The lowest BCUT2D eigenvalue weighted by molar-refractivity contribution is 0.0949. The first-order valence-electron chi connectivity index (χ1n) is 8.70. The topological polar surface area (TPSA) is 76.1 Å². The van der Waals surface area contributed by atoms with Gasteiger partial charge in [0, 0.05) is 19.2 Å². The molecule has 0 aliphatic rings. The number of hydrogen-bond donors (Lipinski definition) is 2. The van der Waals surface area contributed by atoms with Gasteiger partial charge in [-0.25, -0.2) is 9.97 Å². The Morgan fingerprint density at radius 2 is 1.92 bits per heavy atom. The molecule has 1 aromatic carbocycles. The summed E-state index contributed by atoms with van der Waals surface area (Å²) in [4.78, 5) is 20.4. The van der Waals surface area contributed by atoms with Crippen molar-refractivity contribution in [3.8, 4) is 5.75 Å². The number of hydrogen-bond acceptors (Lipinski definition) is 5. The predicted octanol–water partition coefficient (Wildman–Crippen LogP) is 3.06. The molecule has 134 valence electrons. The molecule has 6 nitrogen and oxygen atoms in total. The maximum absolute atomic E-state index is 12.2. The standard InChI is InChI=1S/C19H26N4O2/c1-3-4-5-11-20-18-13-17(22-14-23-18)19(24)21-12-10-15-6-8-16(25-2)9-7-15/h6-9,13-14H,3-5,10-12H2,1-2H3,(H,21,24)(H,20,22,23). The summed E-state index contributed by atoms with van der Waals surface area (Å²) in [7, 11) is 1.64. The van der Waals surface area contributed by atoms with E-state index in [1.807, 2.05) is 24.3 Å². The number of nitrogens with zero attached hydrogens (tertiary/aromatic N) is 2. The molecule has 25 heavy (non-hydrogen) atoms. The van der Waals surface area contributed by atoms with Crippen LogP contribution in [0.4, 0.5) is 5.82 Å². The minimum absolute atomic E-state index is 0.187. The number of methoxy groups -OCH3 is 1. The fraction of sp³-hybridized carbons (Fsp3) is 0.421. The molecule has 0 radical (unpaired) electrons. The molecular weight excluding hydrogens is 316 g/mol. The third-order valence-corrected chi connectivity index (χ3v) is 3.84. The molecule has 2 N–H and O–H groups in total. The Hall–Kier alpha value is -2.63. The van der Waals surface area contributed by atoms with Crippen LogP contribution in [0.15, 0.2) is 36.7 Å². The average molecular weight is 342 g/mol. The summed E-state index contributed by atoms with van der Waals surface area (Å²) in [5.41, 5.74) is 1.52. The molecule has 0 saturated heterocycles. The summed E-state index contributed by atoms with van der Waals surface area (Å²) in [5, 5.41) is 6.12. The maximum atomic E-state index is 12.2. The fourth-order valence-corrected chi connectivity index (χ4v) is 2.37. The highest BCUT2D eigenvalue weighted by atomic mass is 16.5. The zero-order valence-corrected chi connectivity index (χ0v) is 14.9. The number of carbonyl (C=O) groups excluding carboxylic acids is 1. The van der Waals surface area contributed by atoms with Crippen molar-refractivity contribution < 1.29 is 9.53 Å².